The molecular weight excluding hydrogens is 399 g/mol. The third-order valence-electron chi connectivity index (χ3n) is 2.99. The smallest absolute Gasteiger partial charge is 0.275 e. The molecule has 0 aliphatic carbocycles. The Labute approximate surface area is 139 Å². The van der Waals surface area contributed by atoms with Crippen molar-refractivity contribution in [3.8, 4) is 0 Å². The molecule has 0 bridgehead atoms. The number of hydrogen-bond donors (Lipinski definition) is 1. The van der Waals surface area contributed by atoms with Crippen molar-refractivity contribution in [2.45, 2.75) is 0 Å². The van der Waals surface area contributed by atoms with E-state index >= 15 is 0 Å². The van der Waals surface area contributed by atoms with Crippen LogP contribution >= 0.6 is 34.2 Å². The van der Waals surface area contributed by atoms with Crippen LogP contribution in [0.3, 0.4) is 0 Å². The summed E-state index contributed by atoms with van der Waals surface area (Å²) in [6.07, 6.45) is 1.91. The van der Waals surface area contributed by atoms with Crippen LogP contribution in [0.25, 0.3) is 20.7 Å². The molecule has 1 heterocycles. The second-order valence-electron chi connectivity index (χ2n) is 4.48. The van der Waals surface area contributed by atoms with E-state index in [0.717, 1.165) is 20.2 Å². The molecule has 0 fully saturated rings. The largest absolute Gasteiger partial charge is 0.319 e. The number of H-pyrrole nitrogens is 1. The first-order valence-electron chi connectivity index (χ1n) is 6.26. The first kappa shape index (κ1) is 14.3. The van der Waals surface area contributed by atoms with Crippen LogP contribution in [0, 0.1) is 0 Å². The van der Waals surface area contributed by atoms with Crippen LogP contribution in [0.5, 0.6) is 0 Å². The molecule has 0 saturated heterocycles. The van der Waals surface area contributed by atoms with Crippen molar-refractivity contribution < 1.29 is 0 Å². The first-order chi connectivity index (χ1) is 10.1. The molecule has 21 heavy (non-hydrogen) atoms. The van der Waals surface area contributed by atoms with Crippen LogP contribution in [0.1, 0.15) is 11.3 Å². The number of halogens is 2. The zero-order chi connectivity index (χ0) is 14.8. The van der Waals surface area contributed by atoms with Crippen LogP contribution < -0.4 is 5.56 Å². The molecular formula is C16H10ClIN2O. The van der Waals surface area contributed by atoms with Gasteiger partial charge in [-0.2, -0.15) is 0 Å². The molecule has 3 aromatic rings. The molecule has 1 N–H and O–H groups in total. The van der Waals surface area contributed by atoms with E-state index in [2.05, 4.69) is 32.6 Å². The average molecular weight is 409 g/mol. The van der Waals surface area contributed by atoms with Crippen LogP contribution in [0.15, 0.2) is 53.3 Å². The standard InChI is InChI=1S/C16H10ClIN2O/c17-11-7-5-10(6-8-11)9-12(18)15-16(21)20-14-4-2-1-3-13(14)19-15/h1-9H,(H,20,21)/b12-9-. The van der Waals surface area contributed by atoms with Gasteiger partial charge < -0.3 is 4.98 Å². The fourth-order valence-corrected chi connectivity index (χ4v) is 2.82. The molecule has 0 atom stereocenters. The summed E-state index contributed by atoms with van der Waals surface area (Å²) in [5, 5.41) is 0.684. The van der Waals surface area contributed by atoms with E-state index in [9.17, 15) is 4.79 Å². The lowest BCUT2D eigenvalue weighted by molar-refractivity contribution is 1.19. The number of hydrogen-bond acceptors (Lipinski definition) is 2. The average Bonchev–Trinajstić information content (AvgIpc) is 2.49. The molecule has 3 rings (SSSR count). The Hall–Kier alpha value is -1.66. The van der Waals surface area contributed by atoms with E-state index in [1.807, 2.05) is 54.6 Å². The normalized spacial score (nSPS) is 11.8. The lowest BCUT2D eigenvalue weighted by Crippen LogP contribution is -2.13. The van der Waals surface area contributed by atoms with Gasteiger partial charge in [0.05, 0.1) is 11.0 Å². The van der Waals surface area contributed by atoms with Gasteiger partial charge in [-0.15, -0.1) is 0 Å². The molecule has 1 aromatic heterocycles. The molecule has 104 valence electrons. The van der Waals surface area contributed by atoms with E-state index in [0.29, 0.717) is 10.7 Å². The summed E-state index contributed by atoms with van der Waals surface area (Å²) in [5.74, 6) is 0. The highest BCUT2D eigenvalue weighted by atomic mass is 127. The van der Waals surface area contributed by atoms with Gasteiger partial charge in [0, 0.05) is 8.60 Å². The number of nitrogens with one attached hydrogen (secondary N) is 1. The molecule has 3 nitrogen and oxygen atoms in total. The van der Waals surface area contributed by atoms with Crippen LogP contribution in [0.2, 0.25) is 5.02 Å². The van der Waals surface area contributed by atoms with Gasteiger partial charge in [0.25, 0.3) is 5.56 Å². The molecule has 0 aliphatic heterocycles. The Bertz CT molecular complexity index is 885. The zero-order valence-electron chi connectivity index (χ0n) is 10.8. The van der Waals surface area contributed by atoms with Crippen LogP contribution in [-0.2, 0) is 0 Å². The number of rotatable bonds is 2. The Balaban J connectivity index is 2.08. The van der Waals surface area contributed by atoms with Crippen LogP contribution in [0.4, 0.5) is 0 Å². The quantitative estimate of drug-likeness (QED) is 0.634. The minimum Gasteiger partial charge on any atom is -0.319 e. The highest BCUT2D eigenvalue weighted by Crippen LogP contribution is 2.22. The number of nitrogens with zero attached hydrogens (tertiary/aromatic N) is 1. The SMILES string of the molecule is O=c1[nH]c2ccccc2nc1/C(I)=C/c1ccc(Cl)cc1. The fraction of sp³-hybridized carbons (Fsp3) is 0. The second-order valence-corrected chi connectivity index (χ2v) is 6.07. The van der Waals surface area contributed by atoms with Crippen molar-refractivity contribution >= 4 is 54.9 Å². The summed E-state index contributed by atoms with van der Waals surface area (Å²) >= 11 is 7.99. The van der Waals surface area contributed by atoms with Crippen molar-refractivity contribution in [2.75, 3.05) is 0 Å². The molecule has 2 aromatic carbocycles. The Morgan fingerprint density at radius 2 is 1.86 bits per heavy atom. The monoisotopic (exact) mass is 408 g/mol. The molecule has 0 saturated carbocycles. The molecule has 0 unspecified atom stereocenters. The minimum absolute atomic E-state index is 0.191. The van der Waals surface area contributed by atoms with E-state index in [4.69, 9.17) is 11.6 Å². The lowest BCUT2D eigenvalue weighted by atomic mass is 10.2. The van der Waals surface area contributed by atoms with Gasteiger partial charge in [0.1, 0.15) is 5.69 Å². The second kappa shape index (κ2) is 5.99. The van der Waals surface area contributed by atoms with Gasteiger partial charge in [0.2, 0.25) is 0 Å². The number of benzene rings is 2. The van der Waals surface area contributed by atoms with Crippen molar-refractivity contribution in [2.24, 2.45) is 0 Å². The van der Waals surface area contributed by atoms with Crippen molar-refractivity contribution in [3.63, 3.8) is 0 Å². The molecule has 0 radical (unpaired) electrons. The Morgan fingerprint density at radius 3 is 2.62 bits per heavy atom. The van der Waals surface area contributed by atoms with Gasteiger partial charge in [0.15, 0.2) is 0 Å². The maximum atomic E-state index is 12.1. The first-order valence-corrected chi connectivity index (χ1v) is 7.71. The maximum Gasteiger partial charge on any atom is 0.275 e. The predicted molar refractivity (Wildman–Crippen MR) is 95.7 cm³/mol. The van der Waals surface area contributed by atoms with Crippen molar-refractivity contribution in [1.29, 1.82) is 0 Å². The summed E-state index contributed by atoms with van der Waals surface area (Å²) < 4.78 is 0.780. The van der Waals surface area contributed by atoms with Gasteiger partial charge in [-0.1, -0.05) is 35.9 Å². The van der Waals surface area contributed by atoms with Gasteiger partial charge in [-0.25, -0.2) is 4.98 Å². The number of para-hydroxylation sites is 2. The molecule has 0 aliphatic rings. The zero-order valence-corrected chi connectivity index (χ0v) is 13.7. The highest BCUT2D eigenvalue weighted by Gasteiger charge is 2.07. The number of aromatic nitrogens is 2. The Kier molecular flexibility index (Phi) is 4.07. The van der Waals surface area contributed by atoms with Gasteiger partial charge in [-0.05, 0) is 58.5 Å². The van der Waals surface area contributed by atoms with Crippen LogP contribution in [-0.4, -0.2) is 9.97 Å². The highest BCUT2D eigenvalue weighted by molar-refractivity contribution is 14.1. The summed E-state index contributed by atoms with van der Waals surface area (Å²) in [6.45, 7) is 0. The summed E-state index contributed by atoms with van der Waals surface area (Å²) in [6, 6.07) is 14.9. The molecule has 0 amide bonds. The lowest BCUT2D eigenvalue weighted by Gasteiger charge is -2.02. The molecule has 5 heteroatoms. The fourth-order valence-electron chi connectivity index (χ4n) is 1.97. The third-order valence-corrected chi connectivity index (χ3v) is 4.06. The van der Waals surface area contributed by atoms with E-state index < -0.39 is 0 Å². The van der Waals surface area contributed by atoms with Gasteiger partial charge in [-0.3, -0.25) is 4.79 Å². The molecule has 0 spiro atoms. The van der Waals surface area contributed by atoms with E-state index in [1.54, 1.807) is 0 Å². The summed E-state index contributed by atoms with van der Waals surface area (Å²) in [7, 11) is 0. The van der Waals surface area contributed by atoms with E-state index in [-0.39, 0.29) is 5.56 Å². The maximum absolute atomic E-state index is 12.1. The van der Waals surface area contributed by atoms with Crippen molar-refractivity contribution in [3.05, 3.63) is 75.2 Å². The van der Waals surface area contributed by atoms with Crippen molar-refractivity contribution in [1.82, 2.24) is 9.97 Å². The number of aromatic amines is 1. The Morgan fingerprint density at radius 1 is 1.14 bits per heavy atom. The third kappa shape index (κ3) is 3.16. The summed E-state index contributed by atoms with van der Waals surface area (Å²) in [5.41, 5.74) is 2.71. The van der Waals surface area contributed by atoms with E-state index in [1.165, 1.54) is 0 Å². The predicted octanol–water partition coefficient (Wildman–Crippen LogP) is 4.51. The summed E-state index contributed by atoms with van der Waals surface area (Å²) in [4.78, 5) is 19.4. The topological polar surface area (TPSA) is 45.8 Å². The van der Waals surface area contributed by atoms with Gasteiger partial charge >= 0.3 is 0 Å². The minimum atomic E-state index is -0.191. The number of fused-ring (bicyclic) bond motifs is 1.